The number of H-pyrrole nitrogens is 1. The average molecular weight is 297 g/mol. The van der Waals surface area contributed by atoms with Crippen LogP contribution in [-0.4, -0.2) is 26.8 Å². The van der Waals surface area contributed by atoms with Crippen LogP contribution in [0.15, 0.2) is 23.4 Å². The molecule has 0 aliphatic carbocycles. The molecule has 0 saturated heterocycles. The first-order chi connectivity index (χ1) is 9.04. The number of hydrogen-bond acceptors (Lipinski definition) is 4. The van der Waals surface area contributed by atoms with Gasteiger partial charge in [0.25, 0.3) is 0 Å². The van der Waals surface area contributed by atoms with Crippen molar-refractivity contribution >= 4 is 35.0 Å². The van der Waals surface area contributed by atoms with Gasteiger partial charge in [0.05, 0.1) is 5.75 Å². The number of carbonyl (C=O) groups is 1. The van der Waals surface area contributed by atoms with E-state index in [0.717, 1.165) is 17.1 Å². The fourth-order valence-electron chi connectivity index (χ4n) is 1.47. The van der Waals surface area contributed by atoms with Gasteiger partial charge in [0, 0.05) is 10.7 Å². The van der Waals surface area contributed by atoms with Crippen LogP contribution in [0.2, 0.25) is 5.02 Å². The van der Waals surface area contributed by atoms with Crippen LogP contribution in [0.25, 0.3) is 0 Å². The molecule has 2 N–H and O–H groups in total. The second-order valence-corrected chi connectivity index (χ2v) is 5.38. The van der Waals surface area contributed by atoms with E-state index in [1.54, 1.807) is 12.1 Å². The van der Waals surface area contributed by atoms with E-state index in [-0.39, 0.29) is 11.7 Å². The minimum Gasteiger partial charge on any atom is -0.325 e. The molecule has 0 saturated carbocycles. The number of halogens is 1. The lowest BCUT2D eigenvalue weighted by Gasteiger charge is -2.07. The number of carbonyl (C=O) groups excluding carboxylic acids is 1. The number of benzene rings is 1. The smallest absolute Gasteiger partial charge is 0.234 e. The van der Waals surface area contributed by atoms with E-state index in [1.807, 2.05) is 19.9 Å². The van der Waals surface area contributed by atoms with Gasteiger partial charge in [-0.15, -0.1) is 5.10 Å². The summed E-state index contributed by atoms with van der Waals surface area (Å²) in [5, 5.41) is 10.7. The Morgan fingerprint density at radius 2 is 2.26 bits per heavy atom. The summed E-state index contributed by atoms with van der Waals surface area (Å²) < 4.78 is 0. The molecule has 0 aliphatic heterocycles. The molecule has 0 radical (unpaired) electrons. The summed E-state index contributed by atoms with van der Waals surface area (Å²) in [6.45, 7) is 3.71. The molecular formula is C12H13ClN4OS. The molecule has 2 aromatic rings. The zero-order valence-electron chi connectivity index (χ0n) is 10.5. The number of nitrogens with zero attached hydrogens (tertiary/aromatic N) is 2. The minimum absolute atomic E-state index is 0.0992. The van der Waals surface area contributed by atoms with Crippen LogP contribution >= 0.6 is 23.4 Å². The van der Waals surface area contributed by atoms with Gasteiger partial charge in [-0.25, -0.2) is 4.98 Å². The summed E-state index contributed by atoms with van der Waals surface area (Å²) in [4.78, 5) is 15.9. The maximum atomic E-state index is 11.8. The minimum atomic E-state index is -0.0992. The third-order valence-corrected chi connectivity index (χ3v) is 3.45. The van der Waals surface area contributed by atoms with Crippen molar-refractivity contribution in [2.45, 2.75) is 19.0 Å². The number of rotatable bonds is 4. The highest BCUT2D eigenvalue weighted by Gasteiger charge is 2.08. The second-order valence-electron chi connectivity index (χ2n) is 4.00. The molecule has 5 nitrogen and oxygen atoms in total. The summed E-state index contributed by atoms with van der Waals surface area (Å²) in [5.74, 6) is 0.897. The summed E-state index contributed by atoms with van der Waals surface area (Å²) in [7, 11) is 0. The topological polar surface area (TPSA) is 70.7 Å². The van der Waals surface area contributed by atoms with Gasteiger partial charge in [-0.1, -0.05) is 23.4 Å². The maximum absolute atomic E-state index is 11.8. The van der Waals surface area contributed by atoms with Gasteiger partial charge in [0.2, 0.25) is 11.1 Å². The summed E-state index contributed by atoms with van der Waals surface area (Å²) in [6, 6.07) is 5.34. The van der Waals surface area contributed by atoms with E-state index in [4.69, 9.17) is 11.6 Å². The standard InChI is InChI=1S/C12H13ClN4OS/c1-7-5-9(13)3-4-10(7)15-11(18)6-19-12-14-8(2)16-17-12/h3-5H,6H2,1-2H3,(H,15,18)(H,14,16,17). The first-order valence-electron chi connectivity index (χ1n) is 5.62. The van der Waals surface area contributed by atoms with Crippen LogP contribution < -0.4 is 5.32 Å². The van der Waals surface area contributed by atoms with Gasteiger partial charge in [0.1, 0.15) is 5.82 Å². The Morgan fingerprint density at radius 3 is 2.89 bits per heavy atom. The first kappa shape index (κ1) is 13.9. The Bertz CT molecular complexity index is 599. The Hall–Kier alpha value is -1.53. The predicted molar refractivity (Wildman–Crippen MR) is 76.7 cm³/mol. The van der Waals surface area contributed by atoms with Crippen LogP contribution in [-0.2, 0) is 4.79 Å². The van der Waals surface area contributed by atoms with Crippen molar-refractivity contribution in [1.82, 2.24) is 15.2 Å². The van der Waals surface area contributed by atoms with Crippen LogP contribution in [0.4, 0.5) is 5.69 Å². The van der Waals surface area contributed by atoms with Crippen molar-refractivity contribution < 1.29 is 4.79 Å². The lowest BCUT2D eigenvalue weighted by atomic mass is 10.2. The van der Waals surface area contributed by atoms with Crippen molar-refractivity contribution in [2.24, 2.45) is 0 Å². The number of aromatic nitrogens is 3. The molecule has 0 unspecified atom stereocenters. The molecule has 1 aromatic heterocycles. The largest absolute Gasteiger partial charge is 0.325 e. The Kier molecular flexibility index (Phi) is 4.44. The fourth-order valence-corrected chi connectivity index (χ4v) is 2.34. The molecule has 0 spiro atoms. The van der Waals surface area contributed by atoms with Gasteiger partial charge >= 0.3 is 0 Å². The molecule has 1 heterocycles. The summed E-state index contributed by atoms with van der Waals surface area (Å²) in [6.07, 6.45) is 0. The zero-order valence-corrected chi connectivity index (χ0v) is 12.1. The number of amides is 1. The van der Waals surface area contributed by atoms with Crippen LogP contribution in [0, 0.1) is 13.8 Å². The number of nitrogens with one attached hydrogen (secondary N) is 2. The van der Waals surface area contributed by atoms with Crippen molar-refractivity contribution in [3.05, 3.63) is 34.6 Å². The van der Waals surface area contributed by atoms with Gasteiger partial charge in [-0.05, 0) is 37.6 Å². The average Bonchev–Trinajstić information content (AvgIpc) is 2.76. The Morgan fingerprint density at radius 1 is 1.47 bits per heavy atom. The van der Waals surface area contributed by atoms with Crippen molar-refractivity contribution in [3.8, 4) is 0 Å². The summed E-state index contributed by atoms with van der Waals surface area (Å²) in [5.41, 5.74) is 1.70. The molecule has 0 fully saturated rings. The van der Waals surface area contributed by atoms with E-state index in [2.05, 4.69) is 20.5 Å². The van der Waals surface area contributed by atoms with Crippen molar-refractivity contribution in [2.75, 3.05) is 11.1 Å². The number of aromatic amines is 1. The summed E-state index contributed by atoms with van der Waals surface area (Å²) >= 11 is 7.15. The lowest BCUT2D eigenvalue weighted by Crippen LogP contribution is -2.14. The van der Waals surface area contributed by atoms with E-state index >= 15 is 0 Å². The molecule has 0 bridgehead atoms. The molecule has 1 aromatic carbocycles. The van der Waals surface area contributed by atoms with E-state index in [9.17, 15) is 4.79 Å². The van der Waals surface area contributed by atoms with Crippen molar-refractivity contribution in [3.63, 3.8) is 0 Å². The number of anilines is 1. The zero-order chi connectivity index (χ0) is 13.8. The molecule has 19 heavy (non-hydrogen) atoms. The van der Waals surface area contributed by atoms with E-state index < -0.39 is 0 Å². The molecule has 100 valence electrons. The van der Waals surface area contributed by atoms with Crippen molar-refractivity contribution in [1.29, 1.82) is 0 Å². The third kappa shape index (κ3) is 3.97. The lowest BCUT2D eigenvalue weighted by molar-refractivity contribution is -0.113. The van der Waals surface area contributed by atoms with Gasteiger partial charge < -0.3 is 5.32 Å². The second kappa shape index (κ2) is 6.08. The predicted octanol–water partition coefficient (Wildman–Crippen LogP) is 2.81. The van der Waals surface area contributed by atoms with Gasteiger partial charge in [-0.2, -0.15) is 0 Å². The van der Waals surface area contributed by atoms with Gasteiger partial charge in [0.15, 0.2) is 0 Å². The first-order valence-corrected chi connectivity index (χ1v) is 6.99. The monoisotopic (exact) mass is 296 g/mol. The number of aryl methyl sites for hydroxylation is 2. The highest BCUT2D eigenvalue weighted by molar-refractivity contribution is 7.99. The highest BCUT2D eigenvalue weighted by Crippen LogP contribution is 2.20. The fraction of sp³-hybridized carbons (Fsp3) is 0.250. The van der Waals surface area contributed by atoms with Crippen LogP contribution in [0.5, 0.6) is 0 Å². The molecular weight excluding hydrogens is 284 g/mol. The Balaban J connectivity index is 1.90. The molecule has 1 amide bonds. The third-order valence-electron chi connectivity index (χ3n) is 2.37. The molecule has 0 atom stereocenters. The normalized spacial score (nSPS) is 10.5. The molecule has 0 aliphatic rings. The van der Waals surface area contributed by atoms with Crippen LogP contribution in [0.3, 0.4) is 0 Å². The SMILES string of the molecule is Cc1nc(SCC(=O)Nc2ccc(Cl)cc2C)n[nH]1. The quantitative estimate of drug-likeness (QED) is 0.851. The van der Waals surface area contributed by atoms with Gasteiger partial charge in [-0.3, -0.25) is 9.89 Å². The maximum Gasteiger partial charge on any atom is 0.234 e. The van der Waals surface area contributed by atoms with E-state index in [1.165, 1.54) is 11.8 Å². The molecule has 2 rings (SSSR count). The van der Waals surface area contributed by atoms with E-state index in [0.29, 0.717) is 10.2 Å². The highest BCUT2D eigenvalue weighted by atomic mass is 35.5. The Labute approximate surface area is 120 Å². The number of thioether (sulfide) groups is 1. The number of hydrogen-bond donors (Lipinski definition) is 2. The van der Waals surface area contributed by atoms with Crippen LogP contribution in [0.1, 0.15) is 11.4 Å². The molecule has 7 heteroatoms.